The smallest absolute Gasteiger partial charge is 0.341 e. The summed E-state index contributed by atoms with van der Waals surface area (Å²) in [7, 11) is -4.32. The van der Waals surface area contributed by atoms with Crippen LogP contribution in [0.3, 0.4) is 0 Å². The number of benzene rings is 2. The molecule has 3 rings (SSSR count). The lowest BCUT2D eigenvalue weighted by atomic mass is 10.0. The number of carbonyl (C=O) groups excluding carboxylic acids is 1. The molecule has 0 spiro atoms. The van der Waals surface area contributed by atoms with Gasteiger partial charge < -0.3 is 4.90 Å². The summed E-state index contributed by atoms with van der Waals surface area (Å²) < 4.78 is 67.8. The molecule has 0 aliphatic carbocycles. The second-order valence-corrected chi connectivity index (χ2v) is 10.3. The minimum absolute atomic E-state index is 0.119. The van der Waals surface area contributed by atoms with Gasteiger partial charge in [-0.2, -0.15) is 13.2 Å². The first kappa shape index (κ1) is 24.4. The number of anilines is 1. The van der Waals surface area contributed by atoms with Crippen molar-refractivity contribution in [3.05, 3.63) is 58.6 Å². The molecule has 1 atom stereocenters. The van der Waals surface area contributed by atoms with Gasteiger partial charge >= 0.3 is 6.18 Å². The third-order valence-corrected chi connectivity index (χ3v) is 7.56. The van der Waals surface area contributed by atoms with Crippen molar-refractivity contribution in [2.75, 3.05) is 23.9 Å². The first-order valence-corrected chi connectivity index (χ1v) is 12.0. The van der Waals surface area contributed by atoms with Crippen molar-refractivity contribution in [1.82, 2.24) is 4.90 Å². The van der Waals surface area contributed by atoms with Crippen molar-refractivity contribution in [2.24, 2.45) is 5.92 Å². The Morgan fingerprint density at radius 3 is 2.44 bits per heavy atom. The molecule has 0 saturated carbocycles. The monoisotopic (exact) mass is 488 g/mol. The fourth-order valence-electron chi connectivity index (χ4n) is 3.68. The number of carbonyl (C=O) groups is 1. The number of alkyl halides is 3. The summed E-state index contributed by atoms with van der Waals surface area (Å²) >= 11 is 5.71. The van der Waals surface area contributed by atoms with Crippen LogP contribution in [0, 0.1) is 12.8 Å². The Hall–Kier alpha value is -2.26. The SMILES string of the molecule is Cc1ccc(S(=O)(=O)N(CC(=O)N2CCCC(C)C2)c2ccc(Cl)c(C(F)(F)F)c2)cc1. The Bertz CT molecular complexity index is 1090. The van der Waals surface area contributed by atoms with Gasteiger partial charge in [0, 0.05) is 13.1 Å². The molecule has 0 N–H and O–H groups in total. The number of piperidine rings is 1. The van der Waals surface area contributed by atoms with Crippen LogP contribution in [0.2, 0.25) is 5.02 Å². The van der Waals surface area contributed by atoms with Crippen molar-refractivity contribution in [1.29, 1.82) is 0 Å². The normalized spacial score (nSPS) is 17.3. The lowest BCUT2D eigenvalue weighted by Crippen LogP contribution is -2.46. The molecule has 174 valence electrons. The fraction of sp³-hybridized carbons (Fsp3) is 0.409. The van der Waals surface area contributed by atoms with Crippen molar-refractivity contribution in [2.45, 2.75) is 37.8 Å². The van der Waals surface area contributed by atoms with Crippen LogP contribution in [0.1, 0.15) is 30.9 Å². The maximum Gasteiger partial charge on any atom is 0.417 e. The molecule has 1 unspecified atom stereocenters. The Morgan fingerprint density at radius 1 is 1.19 bits per heavy atom. The Labute approximate surface area is 190 Å². The number of aryl methyl sites for hydroxylation is 1. The molecule has 32 heavy (non-hydrogen) atoms. The molecule has 1 amide bonds. The van der Waals surface area contributed by atoms with Crippen molar-refractivity contribution < 1.29 is 26.4 Å². The minimum atomic E-state index is -4.78. The summed E-state index contributed by atoms with van der Waals surface area (Å²) in [5, 5.41) is -0.551. The van der Waals surface area contributed by atoms with Crippen molar-refractivity contribution in [3.8, 4) is 0 Å². The standard InChI is InChI=1S/C22H24ClF3N2O3S/c1-15-5-8-18(9-6-15)32(30,31)28(14-21(29)27-11-3-4-16(2)13-27)17-7-10-20(23)19(12-17)22(24,25)26/h5-10,12,16H,3-4,11,13-14H2,1-2H3. The number of sulfonamides is 1. The molecule has 2 aromatic carbocycles. The van der Waals surface area contributed by atoms with E-state index in [1.165, 1.54) is 18.2 Å². The number of amides is 1. The van der Waals surface area contributed by atoms with Gasteiger partial charge in [0.2, 0.25) is 5.91 Å². The number of likely N-dealkylation sites (tertiary alicyclic amines) is 1. The molecule has 2 aromatic rings. The van der Waals surface area contributed by atoms with Gasteiger partial charge in [-0.25, -0.2) is 8.42 Å². The molecule has 1 fully saturated rings. The van der Waals surface area contributed by atoms with E-state index in [2.05, 4.69) is 0 Å². The van der Waals surface area contributed by atoms with E-state index < -0.39 is 39.2 Å². The van der Waals surface area contributed by atoms with Crippen molar-refractivity contribution in [3.63, 3.8) is 0 Å². The zero-order valence-electron chi connectivity index (χ0n) is 17.7. The molecule has 0 bridgehead atoms. The van der Waals surface area contributed by atoms with Crippen LogP contribution in [-0.4, -0.2) is 38.9 Å². The summed E-state index contributed by atoms with van der Waals surface area (Å²) in [6.07, 6.45) is -3.03. The number of rotatable bonds is 5. The number of hydrogen-bond donors (Lipinski definition) is 0. The predicted molar refractivity (Wildman–Crippen MR) is 117 cm³/mol. The summed E-state index contributed by atoms with van der Waals surface area (Å²) in [6, 6.07) is 8.74. The van der Waals surface area contributed by atoms with Crippen molar-refractivity contribution >= 4 is 33.2 Å². The maximum atomic E-state index is 13.4. The second kappa shape index (κ2) is 9.31. The minimum Gasteiger partial charge on any atom is -0.341 e. The van der Waals surface area contributed by atoms with E-state index >= 15 is 0 Å². The van der Waals surface area contributed by atoms with Crippen LogP contribution in [0.5, 0.6) is 0 Å². The molecule has 5 nitrogen and oxygen atoms in total. The third-order valence-electron chi connectivity index (χ3n) is 5.44. The van der Waals surface area contributed by atoms with Gasteiger partial charge in [0.1, 0.15) is 6.54 Å². The van der Waals surface area contributed by atoms with Crippen LogP contribution in [-0.2, 0) is 21.0 Å². The highest BCUT2D eigenvalue weighted by Gasteiger charge is 2.36. The van der Waals surface area contributed by atoms with Gasteiger partial charge in [0.25, 0.3) is 10.0 Å². The number of halogens is 4. The van der Waals surface area contributed by atoms with Crippen LogP contribution in [0.15, 0.2) is 47.4 Å². The van der Waals surface area contributed by atoms with Gasteiger partial charge in [-0.3, -0.25) is 9.10 Å². The molecule has 1 aliphatic rings. The van der Waals surface area contributed by atoms with Crippen LogP contribution < -0.4 is 4.31 Å². The topological polar surface area (TPSA) is 57.7 Å². The van der Waals surface area contributed by atoms with E-state index in [-0.39, 0.29) is 16.5 Å². The van der Waals surface area contributed by atoms with E-state index in [4.69, 9.17) is 11.6 Å². The summed E-state index contributed by atoms with van der Waals surface area (Å²) in [5.41, 5.74) is -0.625. The highest BCUT2D eigenvalue weighted by molar-refractivity contribution is 7.92. The molecule has 1 heterocycles. The second-order valence-electron chi connectivity index (χ2n) is 8.07. The molecular formula is C22H24ClF3N2O3S. The zero-order chi connectivity index (χ0) is 23.7. The first-order valence-electron chi connectivity index (χ1n) is 10.1. The van der Waals surface area contributed by atoms with Crippen LogP contribution >= 0.6 is 11.6 Å². The molecule has 10 heteroatoms. The molecular weight excluding hydrogens is 465 g/mol. The van der Waals surface area contributed by atoms with Gasteiger partial charge in [-0.15, -0.1) is 0 Å². The average molecular weight is 489 g/mol. The molecule has 0 aromatic heterocycles. The number of hydrogen-bond acceptors (Lipinski definition) is 3. The lowest BCUT2D eigenvalue weighted by Gasteiger charge is -2.33. The summed E-state index contributed by atoms with van der Waals surface area (Å²) in [5.74, 6) is -0.196. The lowest BCUT2D eigenvalue weighted by molar-refractivity contribution is -0.137. The Morgan fingerprint density at radius 2 is 1.84 bits per heavy atom. The maximum absolute atomic E-state index is 13.4. The Kier molecular flexibility index (Phi) is 7.09. The fourth-order valence-corrected chi connectivity index (χ4v) is 5.31. The first-order chi connectivity index (χ1) is 14.9. The van der Waals surface area contributed by atoms with Crippen LogP contribution in [0.4, 0.5) is 18.9 Å². The highest BCUT2D eigenvalue weighted by atomic mass is 35.5. The Balaban J connectivity index is 2.05. The predicted octanol–water partition coefficient (Wildman–Crippen LogP) is 5.12. The van der Waals surface area contributed by atoms with Gasteiger partial charge in [-0.1, -0.05) is 36.2 Å². The van der Waals surface area contributed by atoms with E-state index in [1.807, 2.05) is 6.92 Å². The van der Waals surface area contributed by atoms with E-state index in [0.29, 0.717) is 19.2 Å². The summed E-state index contributed by atoms with van der Waals surface area (Å²) in [6.45, 7) is 4.13. The zero-order valence-corrected chi connectivity index (χ0v) is 19.3. The summed E-state index contributed by atoms with van der Waals surface area (Å²) in [4.78, 5) is 14.4. The van der Waals surface area contributed by atoms with E-state index in [0.717, 1.165) is 28.8 Å². The van der Waals surface area contributed by atoms with E-state index in [9.17, 15) is 26.4 Å². The van der Waals surface area contributed by atoms with Gasteiger partial charge in [0.05, 0.1) is 21.2 Å². The molecule has 1 saturated heterocycles. The van der Waals surface area contributed by atoms with E-state index in [1.54, 1.807) is 24.0 Å². The molecule has 1 aliphatic heterocycles. The third kappa shape index (κ3) is 5.38. The van der Waals surface area contributed by atoms with Gasteiger partial charge in [-0.05, 0) is 56.0 Å². The van der Waals surface area contributed by atoms with Gasteiger partial charge in [0.15, 0.2) is 0 Å². The average Bonchev–Trinajstić information content (AvgIpc) is 2.72. The quantitative estimate of drug-likeness (QED) is 0.587. The number of nitrogens with zero attached hydrogens (tertiary/aromatic N) is 2. The largest absolute Gasteiger partial charge is 0.417 e. The molecule has 0 radical (unpaired) electrons. The van der Waals surface area contributed by atoms with Crippen LogP contribution in [0.25, 0.3) is 0 Å². The highest BCUT2D eigenvalue weighted by Crippen LogP contribution is 2.38.